The number of hydrazine groups is 1. The largest absolute Gasteiger partial charge is 0.473 e. The number of likely N-dealkylation sites (tertiary alicyclic amines) is 1. The first-order valence-electron chi connectivity index (χ1n) is 8.04. The number of ether oxygens (including phenoxy) is 2. The average molecular weight is 338 g/mol. The summed E-state index contributed by atoms with van der Waals surface area (Å²) in [6, 6.07) is 3.18. The number of carbonyl (C=O) groups is 1. The van der Waals surface area contributed by atoms with Crippen LogP contribution in [0.3, 0.4) is 0 Å². The fourth-order valence-electron chi connectivity index (χ4n) is 2.43. The van der Waals surface area contributed by atoms with Crippen LogP contribution in [-0.4, -0.2) is 45.7 Å². The summed E-state index contributed by atoms with van der Waals surface area (Å²) in [7, 11) is 0. The van der Waals surface area contributed by atoms with Crippen LogP contribution in [0.25, 0.3) is 0 Å². The molecule has 9 heteroatoms. The summed E-state index contributed by atoms with van der Waals surface area (Å²) in [5, 5.41) is 11.7. The number of hydrogen-bond acceptors (Lipinski definition) is 7. The molecule has 1 aromatic heterocycles. The minimum absolute atomic E-state index is 0.0484. The van der Waals surface area contributed by atoms with Gasteiger partial charge in [0.2, 0.25) is 5.88 Å². The van der Waals surface area contributed by atoms with Crippen molar-refractivity contribution >= 4 is 6.09 Å². The minimum Gasteiger partial charge on any atom is -0.473 e. The summed E-state index contributed by atoms with van der Waals surface area (Å²) in [5.74, 6) is 5.68. The summed E-state index contributed by atoms with van der Waals surface area (Å²) in [6.07, 6.45) is 2.01. The molecular formula is C15H26N6O3. The molecular weight excluding hydrogens is 312 g/mol. The highest BCUT2D eigenvalue weighted by Crippen LogP contribution is 2.18. The van der Waals surface area contributed by atoms with Gasteiger partial charge in [-0.3, -0.25) is 5.41 Å². The molecule has 9 nitrogen and oxygen atoms in total. The molecule has 1 aliphatic rings. The van der Waals surface area contributed by atoms with Gasteiger partial charge in [-0.1, -0.05) is 0 Å². The van der Waals surface area contributed by atoms with Crippen molar-refractivity contribution in [2.75, 3.05) is 18.6 Å². The van der Waals surface area contributed by atoms with E-state index in [4.69, 9.17) is 20.7 Å². The van der Waals surface area contributed by atoms with E-state index in [9.17, 15) is 4.79 Å². The van der Waals surface area contributed by atoms with Gasteiger partial charge in [0.05, 0.1) is 0 Å². The van der Waals surface area contributed by atoms with Crippen molar-refractivity contribution in [3.63, 3.8) is 0 Å². The van der Waals surface area contributed by atoms with Gasteiger partial charge in [-0.25, -0.2) is 16.2 Å². The van der Waals surface area contributed by atoms with Crippen LogP contribution in [-0.2, 0) is 4.74 Å². The van der Waals surface area contributed by atoms with E-state index >= 15 is 0 Å². The van der Waals surface area contributed by atoms with Gasteiger partial charge in [0.25, 0.3) is 0 Å². The topological polar surface area (TPSA) is 118 Å². The number of hydrogen-bond donors (Lipinski definition) is 3. The monoisotopic (exact) mass is 338 g/mol. The fraction of sp³-hybridized carbons (Fsp3) is 0.667. The van der Waals surface area contributed by atoms with Crippen molar-refractivity contribution in [1.82, 2.24) is 14.8 Å². The third-order valence-corrected chi connectivity index (χ3v) is 3.55. The highest BCUT2D eigenvalue weighted by molar-refractivity contribution is 5.68. The van der Waals surface area contributed by atoms with Crippen molar-refractivity contribution in [1.29, 1.82) is 5.41 Å². The Bertz CT molecular complexity index is 624. The molecule has 1 aromatic rings. The number of nitrogen functional groups attached to an aromatic ring is 1. The second-order valence-corrected chi connectivity index (χ2v) is 6.74. The van der Waals surface area contributed by atoms with Crippen molar-refractivity contribution in [2.24, 2.45) is 5.84 Å². The summed E-state index contributed by atoms with van der Waals surface area (Å²) < 4.78 is 11.3. The van der Waals surface area contributed by atoms with Crippen LogP contribution in [0.1, 0.15) is 40.0 Å². The third kappa shape index (κ3) is 5.12. The first-order valence-corrected chi connectivity index (χ1v) is 8.04. The molecule has 24 heavy (non-hydrogen) atoms. The molecule has 0 spiro atoms. The molecule has 2 heterocycles. The van der Waals surface area contributed by atoms with Crippen LogP contribution in [0.15, 0.2) is 12.1 Å². The molecule has 1 aliphatic heterocycles. The summed E-state index contributed by atoms with van der Waals surface area (Å²) >= 11 is 0. The molecule has 0 bridgehead atoms. The van der Waals surface area contributed by atoms with E-state index in [0.717, 1.165) is 17.6 Å². The Balaban J connectivity index is 1.93. The summed E-state index contributed by atoms with van der Waals surface area (Å²) in [4.78, 5) is 15.0. The Kier molecular flexibility index (Phi) is 5.66. The Morgan fingerprint density at radius 1 is 1.38 bits per heavy atom. The normalized spacial score (nSPS) is 18.7. The van der Waals surface area contributed by atoms with Gasteiger partial charge in [0.15, 0.2) is 5.49 Å². The maximum absolute atomic E-state index is 12.2. The molecule has 4 N–H and O–H groups in total. The van der Waals surface area contributed by atoms with E-state index < -0.39 is 5.60 Å². The van der Waals surface area contributed by atoms with E-state index in [-0.39, 0.29) is 17.7 Å². The number of amides is 1. The van der Waals surface area contributed by atoms with Crippen molar-refractivity contribution in [3.05, 3.63) is 17.6 Å². The van der Waals surface area contributed by atoms with Crippen molar-refractivity contribution < 1.29 is 14.3 Å². The number of rotatable bonds is 3. The molecule has 2 rings (SSSR count). The van der Waals surface area contributed by atoms with E-state index in [0.29, 0.717) is 25.4 Å². The lowest BCUT2D eigenvalue weighted by Crippen LogP contribution is -2.37. The molecule has 0 aromatic carbocycles. The number of aromatic nitrogens is 2. The molecule has 1 amide bonds. The van der Waals surface area contributed by atoms with Crippen LogP contribution >= 0.6 is 0 Å². The number of nitrogens with two attached hydrogens (primary N) is 1. The van der Waals surface area contributed by atoms with Crippen LogP contribution < -0.4 is 21.6 Å². The zero-order chi connectivity index (χ0) is 17.7. The van der Waals surface area contributed by atoms with Gasteiger partial charge in [0.1, 0.15) is 11.7 Å². The quantitative estimate of drug-likeness (QED) is 0.558. The van der Waals surface area contributed by atoms with Crippen LogP contribution in [0, 0.1) is 5.41 Å². The molecule has 0 saturated carbocycles. The van der Waals surface area contributed by atoms with Crippen LogP contribution in [0.2, 0.25) is 0 Å². The standard InChI is InChI=1S/C15H26N6O3/c1-15(2,3)24-14(22)20-9-4-5-11(8-10-20)23-13-7-6-12(16)21(18-13)19-17/h6-7,11,16,19H,4-5,8-10,17H2,1-3H3. The second kappa shape index (κ2) is 7.52. The van der Waals surface area contributed by atoms with E-state index in [1.54, 1.807) is 17.0 Å². The van der Waals surface area contributed by atoms with Gasteiger partial charge >= 0.3 is 6.09 Å². The number of nitrogens with one attached hydrogen (secondary N) is 2. The number of carbonyl (C=O) groups excluding carboxylic acids is 1. The Morgan fingerprint density at radius 2 is 2.12 bits per heavy atom. The lowest BCUT2D eigenvalue weighted by atomic mass is 10.2. The first-order chi connectivity index (χ1) is 11.3. The van der Waals surface area contributed by atoms with Gasteiger partial charge in [-0.15, -0.1) is 9.89 Å². The maximum Gasteiger partial charge on any atom is 0.410 e. The molecule has 1 saturated heterocycles. The van der Waals surface area contributed by atoms with Gasteiger partial charge < -0.3 is 14.4 Å². The Morgan fingerprint density at radius 3 is 2.79 bits per heavy atom. The molecule has 1 atom stereocenters. The lowest BCUT2D eigenvalue weighted by Gasteiger charge is -2.26. The van der Waals surface area contributed by atoms with Crippen molar-refractivity contribution in [2.45, 2.75) is 51.7 Å². The average Bonchev–Trinajstić information content (AvgIpc) is 2.73. The highest BCUT2D eigenvalue weighted by Gasteiger charge is 2.26. The van der Waals surface area contributed by atoms with Gasteiger partial charge in [0, 0.05) is 25.6 Å². The molecule has 1 fully saturated rings. The molecule has 1 unspecified atom stereocenters. The molecule has 0 aliphatic carbocycles. The predicted molar refractivity (Wildman–Crippen MR) is 87.7 cm³/mol. The fourth-order valence-corrected chi connectivity index (χ4v) is 2.43. The SMILES string of the molecule is CC(C)(C)OC(=O)N1CCCC(Oc2ccc(=N)n(NN)n2)CC1. The zero-order valence-corrected chi connectivity index (χ0v) is 14.4. The number of nitrogens with zero attached hydrogens (tertiary/aromatic N) is 3. The van der Waals surface area contributed by atoms with E-state index in [2.05, 4.69) is 10.6 Å². The Labute approximate surface area is 141 Å². The van der Waals surface area contributed by atoms with Crippen LogP contribution in [0.4, 0.5) is 4.79 Å². The maximum atomic E-state index is 12.2. The Hall–Kier alpha value is -2.29. The predicted octanol–water partition coefficient (Wildman–Crippen LogP) is 0.948. The summed E-state index contributed by atoms with van der Waals surface area (Å²) in [6.45, 7) is 6.80. The van der Waals surface area contributed by atoms with Gasteiger partial charge in [-0.05, 0) is 39.7 Å². The minimum atomic E-state index is -0.496. The van der Waals surface area contributed by atoms with E-state index in [1.165, 1.54) is 0 Å². The smallest absolute Gasteiger partial charge is 0.410 e. The summed E-state index contributed by atoms with van der Waals surface area (Å²) in [5.41, 5.74) is 1.93. The zero-order valence-electron chi connectivity index (χ0n) is 14.4. The van der Waals surface area contributed by atoms with Gasteiger partial charge in [-0.2, -0.15) is 0 Å². The van der Waals surface area contributed by atoms with E-state index in [1.807, 2.05) is 20.8 Å². The molecule has 134 valence electrons. The van der Waals surface area contributed by atoms with Crippen LogP contribution in [0.5, 0.6) is 5.88 Å². The first kappa shape index (κ1) is 18.1. The van der Waals surface area contributed by atoms with Crippen molar-refractivity contribution in [3.8, 4) is 5.88 Å². The third-order valence-electron chi connectivity index (χ3n) is 3.55. The highest BCUT2D eigenvalue weighted by atomic mass is 16.6. The second-order valence-electron chi connectivity index (χ2n) is 6.74. The molecule has 0 radical (unpaired) electrons. The lowest BCUT2D eigenvalue weighted by molar-refractivity contribution is 0.0252.